The summed E-state index contributed by atoms with van der Waals surface area (Å²) in [6, 6.07) is -0.696. The molecule has 1 aliphatic heterocycles. The van der Waals surface area contributed by atoms with Gasteiger partial charge in [-0.15, -0.1) is 0 Å². The van der Waals surface area contributed by atoms with Crippen molar-refractivity contribution in [3.63, 3.8) is 0 Å². The number of hydrogen-bond donors (Lipinski definition) is 3. The minimum Gasteiger partial charge on any atom is -0.368 e. The number of primary amides is 1. The molecule has 0 aromatic carbocycles. The SMILES string of the molecule is NC(=O)[C@@H](N)C[C@H]1CCNC1=O. The van der Waals surface area contributed by atoms with Gasteiger partial charge in [-0.3, -0.25) is 9.59 Å². The number of nitrogens with one attached hydrogen (secondary N) is 1. The Morgan fingerprint density at radius 2 is 2.42 bits per heavy atom. The standard InChI is InChI=1S/C7H13N3O2/c8-5(6(9)11)3-4-1-2-10-7(4)12/h4-5H,1-3,8H2,(H2,9,11)(H,10,12)/t4-,5+/m1/s1. The van der Waals surface area contributed by atoms with E-state index in [1.54, 1.807) is 0 Å². The van der Waals surface area contributed by atoms with Crippen LogP contribution in [0.2, 0.25) is 0 Å². The highest BCUT2D eigenvalue weighted by molar-refractivity contribution is 5.83. The van der Waals surface area contributed by atoms with E-state index in [9.17, 15) is 9.59 Å². The molecule has 68 valence electrons. The summed E-state index contributed by atoms with van der Waals surface area (Å²) in [5.74, 6) is -0.700. The number of nitrogens with two attached hydrogens (primary N) is 2. The van der Waals surface area contributed by atoms with Crippen molar-refractivity contribution in [3.05, 3.63) is 0 Å². The summed E-state index contributed by atoms with van der Waals surface area (Å²) in [6.07, 6.45) is 1.11. The number of hydrogen-bond acceptors (Lipinski definition) is 3. The summed E-state index contributed by atoms with van der Waals surface area (Å²) in [7, 11) is 0. The van der Waals surface area contributed by atoms with Crippen LogP contribution in [0.3, 0.4) is 0 Å². The van der Waals surface area contributed by atoms with Crippen LogP contribution in [0.25, 0.3) is 0 Å². The van der Waals surface area contributed by atoms with Crippen molar-refractivity contribution in [1.82, 2.24) is 5.32 Å². The van der Waals surface area contributed by atoms with Crippen molar-refractivity contribution in [2.24, 2.45) is 17.4 Å². The molecule has 5 heteroatoms. The first-order valence-corrected chi connectivity index (χ1v) is 3.94. The molecule has 2 amide bonds. The summed E-state index contributed by atoms with van der Waals surface area (Å²) in [6.45, 7) is 0.676. The van der Waals surface area contributed by atoms with E-state index >= 15 is 0 Å². The monoisotopic (exact) mass is 171 g/mol. The lowest BCUT2D eigenvalue weighted by atomic mass is 9.99. The first-order chi connectivity index (χ1) is 5.61. The minimum atomic E-state index is -0.696. The third kappa shape index (κ3) is 1.94. The van der Waals surface area contributed by atoms with Gasteiger partial charge in [-0.05, 0) is 12.8 Å². The van der Waals surface area contributed by atoms with Gasteiger partial charge in [-0.25, -0.2) is 0 Å². The van der Waals surface area contributed by atoms with Crippen LogP contribution in [0.4, 0.5) is 0 Å². The topological polar surface area (TPSA) is 98.2 Å². The largest absolute Gasteiger partial charge is 0.368 e. The van der Waals surface area contributed by atoms with E-state index in [4.69, 9.17) is 11.5 Å². The summed E-state index contributed by atoms with van der Waals surface area (Å²) in [5.41, 5.74) is 10.4. The highest BCUT2D eigenvalue weighted by atomic mass is 16.2. The van der Waals surface area contributed by atoms with Crippen LogP contribution in [0.1, 0.15) is 12.8 Å². The van der Waals surface area contributed by atoms with Crippen molar-refractivity contribution in [3.8, 4) is 0 Å². The summed E-state index contributed by atoms with van der Waals surface area (Å²) < 4.78 is 0. The van der Waals surface area contributed by atoms with Gasteiger partial charge >= 0.3 is 0 Å². The van der Waals surface area contributed by atoms with E-state index in [1.807, 2.05) is 0 Å². The zero-order chi connectivity index (χ0) is 9.14. The Morgan fingerprint density at radius 3 is 2.83 bits per heavy atom. The van der Waals surface area contributed by atoms with Gasteiger partial charge in [-0.2, -0.15) is 0 Å². The van der Waals surface area contributed by atoms with E-state index in [2.05, 4.69) is 5.32 Å². The molecular formula is C7H13N3O2. The molecule has 5 N–H and O–H groups in total. The lowest BCUT2D eigenvalue weighted by Crippen LogP contribution is -2.39. The van der Waals surface area contributed by atoms with E-state index in [0.717, 1.165) is 6.42 Å². The average Bonchev–Trinajstić information content (AvgIpc) is 2.36. The second-order valence-electron chi connectivity index (χ2n) is 3.02. The maximum Gasteiger partial charge on any atom is 0.234 e. The van der Waals surface area contributed by atoms with Crippen molar-refractivity contribution < 1.29 is 9.59 Å². The number of carbonyl (C=O) groups is 2. The van der Waals surface area contributed by atoms with E-state index < -0.39 is 11.9 Å². The summed E-state index contributed by atoms with van der Waals surface area (Å²) in [4.78, 5) is 21.6. The first kappa shape index (κ1) is 8.99. The zero-order valence-electron chi connectivity index (χ0n) is 6.75. The smallest absolute Gasteiger partial charge is 0.234 e. The van der Waals surface area contributed by atoms with Gasteiger partial charge in [0, 0.05) is 12.5 Å². The van der Waals surface area contributed by atoms with Crippen LogP contribution < -0.4 is 16.8 Å². The molecule has 12 heavy (non-hydrogen) atoms. The highest BCUT2D eigenvalue weighted by Crippen LogP contribution is 2.14. The molecule has 0 aliphatic carbocycles. The number of amides is 2. The van der Waals surface area contributed by atoms with Gasteiger partial charge in [0.15, 0.2) is 0 Å². The molecule has 0 aromatic heterocycles. The van der Waals surface area contributed by atoms with Gasteiger partial charge < -0.3 is 16.8 Å². The number of rotatable bonds is 3. The fraction of sp³-hybridized carbons (Fsp3) is 0.714. The van der Waals surface area contributed by atoms with Gasteiger partial charge in [0.1, 0.15) is 0 Å². The molecular weight excluding hydrogens is 158 g/mol. The minimum absolute atomic E-state index is 0.0216. The van der Waals surface area contributed by atoms with Crippen LogP contribution in [0.5, 0.6) is 0 Å². The van der Waals surface area contributed by atoms with Gasteiger partial charge in [0.05, 0.1) is 6.04 Å². The van der Waals surface area contributed by atoms with Crippen LogP contribution in [-0.4, -0.2) is 24.4 Å². The molecule has 1 fully saturated rings. The Kier molecular flexibility index (Phi) is 2.65. The van der Waals surface area contributed by atoms with E-state index in [-0.39, 0.29) is 11.8 Å². The maximum absolute atomic E-state index is 11.0. The van der Waals surface area contributed by atoms with Gasteiger partial charge in [-0.1, -0.05) is 0 Å². The normalized spacial score (nSPS) is 25.1. The molecule has 0 spiro atoms. The molecule has 0 bridgehead atoms. The average molecular weight is 171 g/mol. The van der Waals surface area contributed by atoms with Gasteiger partial charge in [0.2, 0.25) is 11.8 Å². The van der Waals surface area contributed by atoms with Crippen LogP contribution in [0.15, 0.2) is 0 Å². The van der Waals surface area contributed by atoms with Crippen molar-refractivity contribution >= 4 is 11.8 Å². The molecule has 0 aromatic rings. The van der Waals surface area contributed by atoms with Crippen LogP contribution in [0, 0.1) is 5.92 Å². The fourth-order valence-electron chi connectivity index (χ4n) is 1.29. The Morgan fingerprint density at radius 1 is 1.75 bits per heavy atom. The van der Waals surface area contributed by atoms with Crippen LogP contribution >= 0.6 is 0 Å². The lowest BCUT2D eigenvalue weighted by molar-refractivity contribution is -0.123. The molecule has 1 saturated heterocycles. The predicted molar refractivity (Wildman–Crippen MR) is 42.9 cm³/mol. The third-order valence-electron chi connectivity index (χ3n) is 2.07. The molecule has 0 radical (unpaired) electrons. The van der Waals surface area contributed by atoms with Crippen molar-refractivity contribution in [2.75, 3.05) is 6.54 Å². The molecule has 5 nitrogen and oxygen atoms in total. The molecule has 1 aliphatic rings. The highest BCUT2D eigenvalue weighted by Gasteiger charge is 2.27. The Bertz CT molecular complexity index is 205. The number of carbonyl (C=O) groups excluding carboxylic acids is 2. The van der Waals surface area contributed by atoms with E-state index in [1.165, 1.54) is 0 Å². The maximum atomic E-state index is 11.0. The molecule has 0 unspecified atom stereocenters. The first-order valence-electron chi connectivity index (χ1n) is 3.94. The quantitative estimate of drug-likeness (QED) is 0.473. The van der Waals surface area contributed by atoms with E-state index in [0.29, 0.717) is 13.0 Å². The third-order valence-corrected chi connectivity index (χ3v) is 2.07. The zero-order valence-corrected chi connectivity index (χ0v) is 6.75. The summed E-state index contributed by atoms with van der Waals surface area (Å²) >= 11 is 0. The van der Waals surface area contributed by atoms with Gasteiger partial charge in [0.25, 0.3) is 0 Å². The molecule has 2 atom stereocenters. The second kappa shape index (κ2) is 3.53. The fourth-order valence-corrected chi connectivity index (χ4v) is 1.29. The Hall–Kier alpha value is -1.10. The predicted octanol–water partition coefficient (Wildman–Crippen LogP) is -1.67. The second-order valence-corrected chi connectivity index (χ2v) is 3.02. The summed E-state index contributed by atoms with van der Waals surface area (Å²) in [5, 5.41) is 2.67. The molecule has 0 saturated carbocycles. The van der Waals surface area contributed by atoms with Crippen molar-refractivity contribution in [2.45, 2.75) is 18.9 Å². The lowest BCUT2D eigenvalue weighted by Gasteiger charge is -2.10. The Balaban J connectivity index is 2.40. The molecule has 1 rings (SSSR count). The molecule has 1 heterocycles. The van der Waals surface area contributed by atoms with Crippen molar-refractivity contribution in [1.29, 1.82) is 0 Å². The Labute approximate surface area is 70.5 Å². The van der Waals surface area contributed by atoms with Crippen LogP contribution in [-0.2, 0) is 9.59 Å².